The van der Waals surface area contributed by atoms with E-state index in [4.69, 9.17) is 0 Å². The molecule has 1 aliphatic rings. The van der Waals surface area contributed by atoms with Crippen LogP contribution in [0.3, 0.4) is 0 Å². The van der Waals surface area contributed by atoms with Gasteiger partial charge >= 0.3 is 0 Å². The van der Waals surface area contributed by atoms with E-state index in [9.17, 15) is 13.5 Å². The molecule has 108 valence electrons. The lowest BCUT2D eigenvalue weighted by Crippen LogP contribution is -2.48. The van der Waals surface area contributed by atoms with Crippen LogP contribution >= 0.6 is 0 Å². The van der Waals surface area contributed by atoms with Gasteiger partial charge in [-0.2, -0.15) is 4.31 Å². The molecule has 6 heteroatoms. The Balaban J connectivity index is 2.53. The maximum atomic E-state index is 12.2. The van der Waals surface area contributed by atoms with Crippen LogP contribution in [0.4, 0.5) is 0 Å². The number of aliphatic hydroxyl groups excluding tert-OH is 1. The number of rotatable bonds is 6. The minimum absolute atomic E-state index is 0.171. The predicted molar refractivity (Wildman–Crippen MR) is 72.9 cm³/mol. The van der Waals surface area contributed by atoms with E-state index in [2.05, 4.69) is 5.32 Å². The number of hydrogen-bond acceptors (Lipinski definition) is 4. The quantitative estimate of drug-likeness (QED) is 0.738. The molecule has 0 aromatic carbocycles. The number of aliphatic hydroxyl groups is 1. The van der Waals surface area contributed by atoms with Gasteiger partial charge in [-0.05, 0) is 52.1 Å². The summed E-state index contributed by atoms with van der Waals surface area (Å²) >= 11 is 0. The zero-order chi connectivity index (χ0) is 13.8. The topological polar surface area (TPSA) is 69.6 Å². The van der Waals surface area contributed by atoms with Gasteiger partial charge in [0.05, 0.1) is 17.9 Å². The first kappa shape index (κ1) is 15.9. The van der Waals surface area contributed by atoms with Crippen molar-refractivity contribution < 1.29 is 13.5 Å². The van der Waals surface area contributed by atoms with Crippen LogP contribution in [-0.4, -0.2) is 55.9 Å². The molecule has 0 aliphatic carbocycles. The Hall–Kier alpha value is -0.170. The van der Waals surface area contributed by atoms with E-state index in [0.717, 1.165) is 32.4 Å². The van der Waals surface area contributed by atoms with Crippen LogP contribution in [0.15, 0.2) is 0 Å². The highest BCUT2D eigenvalue weighted by atomic mass is 32.2. The average molecular weight is 278 g/mol. The van der Waals surface area contributed by atoms with E-state index < -0.39 is 15.6 Å². The van der Waals surface area contributed by atoms with E-state index in [1.807, 2.05) is 0 Å². The van der Waals surface area contributed by atoms with Crippen LogP contribution in [0.25, 0.3) is 0 Å². The summed E-state index contributed by atoms with van der Waals surface area (Å²) in [6.07, 6.45) is 2.83. The summed E-state index contributed by atoms with van der Waals surface area (Å²) < 4.78 is 25.7. The van der Waals surface area contributed by atoms with E-state index in [1.54, 1.807) is 20.9 Å². The lowest BCUT2D eigenvalue weighted by molar-refractivity contribution is 0.137. The Bertz CT molecular complexity index is 348. The summed E-state index contributed by atoms with van der Waals surface area (Å²) in [7, 11) is -1.73. The van der Waals surface area contributed by atoms with Crippen LogP contribution in [0.1, 0.15) is 33.1 Å². The highest BCUT2D eigenvalue weighted by molar-refractivity contribution is 7.89. The first-order valence-corrected chi connectivity index (χ1v) is 8.19. The summed E-state index contributed by atoms with van der Waals surface area (Å²) in [5, 5.41) is 12.5. The number of likely N-dealkylation sites (N-methyl/N-ethyl adjacent to an activating group) is 1. The van der Waals surface area contributed by atoms with Crippen LogP contribution < -0.4 is 5.32 Å². The van der Waals surface area contributed by atoms with Crippen LogP contribution in [0.2, 0.25) is 0 Å². The van der Waals surface area contributed by atoms with Crippen molar-refractivity contribution in [3.8, 4) is 0 Å². The van der Waals surface area contributed by atoms with E-state index >= 15 is 0 Å². The van der Waals surface area contributed by atoms with Crippen molar-refractivity contribution in [1.29, 1.82) is 0 Å². The van der Waals surface area contributed by atoms with Crippen molar-refractivity contribution in [2.75, 3.05) is 32.5 Å². The highest BCUT2D eigenvalue weighted by Gasteiger charge is 2.32. The van der Waals surface area contributed by atoms with Gasteiger partial charge < -0.3 is 10.4 Å². The van der Waals surface area contributed by atoms with Gasteiger partial charge in [-0.25, -0.2) is 8.42 Å². The fraction of sp³-hybridized carbons (Fsp3) is 1.00. The number of hydrogen-bond donors (Lipinski definition) is 2. The monoisotopic (exact) mass is 278 g/mol. The molecule has 0 spiro atoms. The summed E-state index contributed by atoms with van der Waals surface area (Å²) in [6, 6.07) is 0. The Kier molecular flexibility index (Phi) is 5.58. The minimum Gasteiger partial charge on any atom is -0.394 e. The molecule has 1 fully saturated rings. The first-order valence-electron chi connectivity index (χ1n) is 6.58. The molecule has 18 heavy (non-hydrogen) atoms. The standard InChI is InChI=1S/C12H26N2O3S/c1-12(2,10-15)14(3)18(16,17)9-6-11-4-7-13-8-5-11/h11,13,15H,4-10H2,1-3H3. The maximum Gasteiger partial charge on any atom is 0.214 e. The maximum absolute atomic E-state index is 12.2. The molecule has 0 aromatic rings. The average Bonchev–Trinajstić information content (AvgIpc) is 2.37. The Morgan fingerprint density at radius 3 is 2.39 bits per heavy atom. The largest absolute Gasteiger partial charge is 0.394 e. The van der Waals surface area contributed by atoms with Crippen molar-refractivity contribution in [3.63, 3.8) is 0 Å². The normalized spacial score (nSPS) is 19.4. The molecule has 0 radical (unpaired) electrons. The Labute approximate surface area is 111 Å². The summed E-state index contributed by atoms with van der Waals surface area (Å²) in [4.78, 5) is 0. The van der Waals surface area contributed by atoms with E-state index in [-0.39, 0.29) is 12.4 Å². The van der Waals surface area contributed by atoms with Crippen molar-refractivity contribution in [3.05, 3.63) is 0 Å². The van der Waals surface area contributed by atoms with Crippen LogP contribution in [0.5, 0.6) is 0 Å². The first-order chi connectivity index (χ1) is 8.29. The van der Waals surface area contributed by atoms with Gasteiger partial charge in [-0.3, -0.25) is 0 Å². The van der Waals surface area contributed by atoms with Gasteiger partial charge in [0.2, 0.25) is 10.0 Å². The molecule has 1 aliphatic heterocycles. The Morgan fingerprint density at radius 2 is 1.89 bits per heavy atom. The van der Waals surface area contributed by atoms with Crippen molar-refractivity contribution in [1.82, 2.24) is 9.62 Å². The predicted octanol–water partition coefficient (Wildman–Crippen LogP) is 0.409. The van der Waals surface area contributed by atoms with Gasteiger partial charge in [0, 0.05) is 7.05 Å². The third-order valence-corrected chi connectivity index (χ3v) is 5.98. The van der Waals surface area contributed by atoms with Gasteiger partial charge in [0.1, 0.15) is 0 Å². The van der Waals surface area contributed by atoms with Gasteiger partial charge in [-0.1, -0.05) is 0 Å². The third-order valence-electron chi connectivity index (χ3n) is 3.90. The van der Waals surface area contributed by atoms with Gasteiger partial charge in [0.25, 0.3) is 0 Å². The zero-order valence-electron chi connectivity index (χ0n) is 11.6. The van der Waals surface area contributed by atoms with Crippen LogP contribution in [-0.2, 0) is 10.0 Å². The second kappa shape index (κ2) is 6.32. The molecule has 2 N–H and O–H groups in total. The molecule has 0 bridgehead atoms. The number of sulfonamides is 1. The summed E-state index contributed by atoms with van der Waals surface area (Å²) in [5.74, 6) is 0.684. The summed E-state index contributed by atoms with van der Waals surface area (Å²) in [6.45, 7) is 5.27. The van der Waals surface area contributed by atoms with Crippen LogP contribution in [0, 0.1) is 5.92 Å². The fourth-order valence-electron chi connectivity index (χ4n) is 2.10. The number of nitrogens with one attached hydrogen (secondary N) is 1. The molecule has 0 atom stereocenters. The SMILES string of the molecule is CN(C(C)(C)CO)S(=O)(=O)CCC1CCNCC1. The second-order valence-electron chi connectivity index (χ2n) is 5.74. The molecule has 1 rings (SSSR count). The molecule has 1 saturated heterocycles. The third kappa shape index (κ3) is 4.19. The fourth-order valence-corrected chi connectivity index (χ4v) is 3.81. The van der Waals surface area contributed by atoms with Crippen molar-refractivity contribution in [2.24, 2.45) is 5.92 Å². The molecule has 0 unspecified atom stereocenters. The lowest BCUT2D eigenvalue weighted by atomic mass is 9.96. The molecule has 0 aromatic heterocycles. The molecule has 0 amide bonds. The molecular formula is C12H26N2O3S. The molecule has 1 heterocycles. The van der Waals surface area contributed by atoms with Gasteiger partial charge in [-0.15, -0.1) is 0 Å². The minimum atomic E-state index is -3.28. The molecular weight excluding hydrogens is 252 g/mol. The number of piperidine rings is 1. The van der Waals surface area contributed by atoms with Gasteiger partial charge in [0.15, 0.2) is 0 Å². The smallest absolute Gasteiger partial charge is 0.214 e. The lowest BCUT2D eigenvalue weighted by Gasteiger charge is -2.33. The molecule has 0 saturated carbocycles. The van der Waals surface area contributed by atoms with E-state index in [0.29, 0.717) is 5.92 Å². The van der Waals surface area contributed by atoms with E-state index in [1.165, 1.54) is 4.31 Å². The number of nitrogens with zero attached hydrogens (tertiary/aromatic N) is 1. The summed E-state index contributed by atoms with van der Waals surface area (Å²) in [5.41, 5.74) is -0.729. The zero-order valence-corrected chi connectivity index (χ0v) is 12.5. The second-order valence-corrected chi connectivity index (χ2v) is 7.86. The van der Waals surface area contributed by atoms with Crippen molar-refractivity contribution in [2.45, 2.75) is 38.6 Å². The Morgan fingerprint density at radius 1 is 1.33 bits per heavy atom. The molecule has 5 nitrogen and oxygen atoms in total. The highest BCUT2D eigenvalue weighted by Crippen LogP contribution is 2.21. The van der Waals surface area contributed by atoms with Crippen molar-refractivity contribution >= 4 is 10.0 Å².